The zero-order chi connectivity index (χ0) is 35.1. The number of halogens is 1. The molecular weight excluding hydrogens is 644 g/mol. The van der Waals surface area contributed by atoms with Gasteiger partial charge in [-0.05, 0) is 112 Å². The number of carboxylic acids is 1. The zero-order valence-electron chi connectivity index (χ0n) is 29.0. The van der Waals surface area contributed by atoms with Crippen LogP contribution in [0.1, 0.15) is 82.4 Å². The highest BCUT2D eigenvalue weighted by atomic mass is 35.5. The van der Waals surface area contributed by atoms with Crippen molar-refractivity contribution in [3.05, 3.63) is 70.3 Å². The summed E-state index contributed by atoms with van der Waals surface area (Å²) in [6.45, 7) is 7.26. The minimum absolute atomic E-state index is 0.0815. The summed E-state index contributed by atoms with van der Waals surface area (Å²) in [4.78, 5) is 44.4. The number of rotatable bonds is 3. The molecule has 2 aromatic carbocycles. The normalized spacial score (nSPS) is 29.5. The van der Waals surface area contributed by atoms with E-state index in [-0.39, 0.29) is 17.3 Å². The second-order valence-electron chi connectivity index (χ2n) is 15.6. The van der Waals surface area contributed by atoms with Gasteiger partial charge in [0.15, 0.2) is 0 Å². The molecular formula is C39H49ClN2O7. The second kappa shape index (κ2) is 13.6. The van der Waals surface area contributed by atoms with Crippen molar-refractivity contribution in [2.24, 2.45) is 11.8 Å². The minimum atomic E-state index is -1.88. The smallest absolute Gasteiger partial charge is 0.315 e. The van der Waals surface area contributed by atoms with Crippen LogP contribution in [-0.4, -0.2) is 78.0 Å². The van der Waals surface area contributed by atoms with Crippen LogP contribution in [0.15, 0.2) is 48.6 Å². The fraction of sp³-hybridized carbons (Fsp3) is 0.564. The lowest BCUT2D eigenvalue weighted by Crippen LogP contribution is -2.49. The number of carboxylic acid groups (broad SMARTS) is 1. The minimum Gasteiger partial charge on any atom is -0.490 e. The van der Waals surface area contributed by atoms with Crippen LogP contribution in [0, 0.1) is 11.8 Å². The van der Waals surface area contributed by atoms with Crippen molar-refractivity contribution in [2.45, 2.75) is 94.7 Å². The van der Waals surface area contributed by atoms with Crippen LogP contribution in [0.4, 0.5) is 5.69 Å². The molecule has 6 rings (SSSR count). The molecule has 2 aliphatic carbocycles. The number of aliphatic hydroxyl groups is 1. The molecule has 264 valence electrons. The lowest BCUT2D eigenvalue weighted by Gasteiger charge is -2.45. The number of amides is 1. The van der Waals surface area contributed by atoms with E-state index in [1.54, 1.807) is 40.0 Å². The molecule has 1 saturated carbocycles. The zero-order valence-corrected chi connectivity index (χ0v) is 29.8. The number of carbonyl (C=O) groups excluding carboxylic acids is 2. The van der Waals surface area contributed by atoms with Crippen molar-refractivity contribution in [3.63, 3.8) is 0 Å². The number of ether oxygens (including phenoxy) is 2. The number of carbonyl (C=O) groups is 3. The first-order valence-electron chi connectivity index (χ1n) is 17.5. The van der Waals surface area contributed by atoms with Crippen molar-refractivity contribution >= 4 is 35.1 Å². The van der Waals surface area contributed by atoms with Crippen LogP contribution >= 0.6 is 11.6 Å². The molecule has 2 aromatic rings. The van der Waals surface area contributed by atoms with E-state index in [2.05, 4.69) is 17.0 Å². The molecule has 1 amide bonds. The molecule has 2 N–H and O–H groups in total. The third kappa shape index (κ3) is 7.20. The van der Waals surface area contributed by atoms with Crippen molar-refractivity contribution in [3.8, 4) is 5.75 Å². The predicted molar refractivity (Wildman–Crippen MR) is 188 cm³/mol. The molecule has 4 aliphatic rings. The summed E-state index contributed by atoms with van der Waals surface area (Å²) < 4.78 is 12.3. The van der Waals surface area contributed by atoms with Crippen molar-refractivity contribution < 1.29 is 34.1 Å². The van der Waals surface area contributed by atoms with E-state index < -0.39 is 47.8 Å². The average molecular weight is 693 g/mol. The van der Waals surface area contributed by atoms with Crippen LogP contribution < -0.4 is 9.64 Å². The highest BCUT2D eigenvalue weighted by Gasteiger charge is 2.48. The standard InChI is InChI=1S/C39H49ClN2O7/c1-37(2,3)49-35(45)21-39(36(46)47)20-34(44)41(4)17-6-5-9-32(43)29-13-10-26(29)22-42-23-38(24-48-33-15-11-27(39)19-31(33)42)16-7-8-25-18-28(40)12-14-30(25)38/h5,9,11-12,14-15,18-19,26,29,32,43H,6-8,10,13,16-17,20-24H2,1-4H3,(H,46,47)/b9-5-/t26-,29+,32+,38-,39?/m0/s1. The number of aliphatic hydroxyl groups excluding tert-OH is 1. The molecule has 2 bridgehead atoms. The number of aliphatic carboxylic acids is 1. The SMILES string of the molecule is CN1CC/C=C\[C@@H](O)[C@@H]2CC[C@H]2CN2C[C@@]3(CCCc4cc(Cl)ccc43)COc3ccc(cc32)C(CC(=O)OC(C)(C)C)(C(=O)O)CC1=O. The molecule has 9 nitrogen and oxygen atoms in total. The molecule has 49 heavy (non-hydrogen) atoms. The van der Waals surface area contributed by atoms with Gasteiger partial charge in [-0.2, -0.15) is 0 Å². The van der Waals surface area contributed by atoms with Crippen molar-refractivity contribution in [2.75, 3.05) is 38.2 Å². The number of hydrogen-bond donors (Lipinski definition) is 2. The van der Waals surface area contributed by atoms with E-state index in [9.17, 15) is 24.6 Å². The van der Waals surface area contributed by atoms with E-state index in [0.717, 1.165) is 37.8 Å². The molecule has 1 fully saturated rings. The Bertz CT molecular complexity index is 1640. The molecule has 0 radical (unpaired) electrons. The third-order valence-electron chi connectivity index (χ3n) is 11.1. The number of hydrogen-bond acceptors (Lipinski definition) is 7. The van der Waals surface area contributed by atoms with Crippen molar-refractivity contribution in [1.82, 2.24) is 4.90 Å². The van der Waals surface area contributed by atoms with Crippen LogP contribution in [0.3, 0.4) is 0 Å². The number of fused-ring (bicyclic) bond motifs is 4. The second-order valence-corrected chi connectivity index (χ2v) is 16.1. The third-order valence-corrected chi connectivity index (χ3v) is 11.3. The quantitative estimate of drug-likeness (QED) is 0.295. The van der Waals surface area contributed by atoms with Crippen LogP contribution in [0.5, 0.6) is 5.75 Å². The molecule has 2 heterocycles. The van der Waals surface area contributed by atoms with Gasteiger partial charge in [0.05, 0.1) is 24.8 Å². The maximum Gasteiger partial charge on any atom is 0.315 e. The Morgan fingerprint density at radius 3 is 2.65 bits per heavy atom. The Morgan fingerprint density at radius 1 is 1.14 bits per heavy atom. The summed E-state index contributed by atoms with van der Waals surface area (Å²) in [7, 11) is 1.64. The van der Waals surface area contributed by atoms with Gasteiger partial charge in [-0.15, -0.1) is 0 Å². The fourth-order valence-electron chi connectivity index (χ4n) is 8.30. The van der Waals surface area contributed by atoms with E-state index in [1.165, 1.54) is 16.0 Å². The number of esters is 1. The van der Waals surface area contributed by atoms with Gasteiger partial charge in [0.2, 0.25) is 5.91 Å². The van der Waals surface area contributed by atoms with Crippen LogP contribution in [-0.2, 0) is 36.4 Å². The van der Waals surface area contributed by atoms with E-state index in [1.807, 2.05) is 24.3 Å². The highest BCUT2D eigenvalue weighted by molar-refractivity contribution is 6.30. The van der Waals surface area contributed by atoms with Gasteiger partial charge in [0.25, 0.3) is 0 Å². The van der Waals surface area contributed by atoms with Gasteiger partial charge >= 0.3 is 11.9 Å². The Labute approximate surface area is 294 Å². The summed E-state index contributed by atoms with van der Waals surface area (Å²) in [5, 5.41) is 22.9. The van der Waals surface area contributed by atoms with E-state index in [4.69, 9.17) is 21.1 Å². The lowest BCUT2D eigenvalue weighted by atomic mass is 9.68. The number of aryl methyl sites for hydroxylation is 1. The number of nitrogens with zero attached hydrogens (tertiary/aromatic N) is 2. The Balaban J connectivity index is 1.49. The summed E-state index contributed by atoms with van der Waals surface area (Å²) >= 11 is 6.44. The lowest BCUT2D eigenvalue weighted by molar-refractivity contribution is -0.162. The first-order chi connectivity index (χ1) is 23.2. The summed E-state index contributed by atoms with van der Waals surface area (Å²) in [5.74, 6) is -1.43. The fourth-order valence-corrected chi connectivity index (χ4v) is 8.49. The molecule has 5 atom stereocenters. The van der Waals surface area contributed by atoms with Gasteiger partial charge < -0.3 is 29.5 Å². The summed E-state index contributed by atoms with van der Waals surface area (Å²) in [6.07, 6.45) is 7.44. The average Bonchev–Trinajstić information content (AvgIpc) is 3.16. The topological polar surface area (TPSA) is 117 Å². The van der Waals surface area contributed by atoms with Gasteiger partial charge in [-0.1, -0.05) is 35.9 Å². The first-order valence-corrected chi connectivity index (χ1v) is 17.9. The number of anilines is 1. The first kappa shape index (κ1) is 35.3. The highest BCUT2D eigenvalue weighted by Crippen LogP contribution is 2.48. The maximum absolute atomic E-state index is 13.7. The van der Waals surface area contributed by atoms with Gasteiger partial charge in [0.1, 0.15) is 16.8 Å². The Hall–Kier alpha value is -3.56. The molecule has 0 saturated heterocycles. The largest absolute Gasteiger partial charge is 0.490 e. The van der Waals surface area contributed by atoms with E-state index >= 15 is 0 Å². The molecule has 1 unspecified atom stereocenters. The summed E-state index contributed by atoms with van der Waals surface area (Å²) in [6, 6.07) is 11.4. The number of benzene rings is 2. The monoisotopic (exact) mass is 692 g/mol. The summed E-state index contributed by atoms with van der Waals surface area (Å²) in [5.41, 5.74) is 0.464. The van der Waals surface area contributed by atoms with Gasteiger partial charge in [0, 0.05) is 43.5 Å². The maximum atomic E-state index is 13.7. The predicted octanol–water partition coefficient (Wildman–Crippen LogP) is 6.06. The Kier molecular flexibility index (Phi) is 9.81. The van der Waals surface area contributed by atoms with Crippen molar-refractivity contribution in [1.29, 1.82) is 0 Å². The molecule has 10 heteroatoms. The Morgan fingerprint density at radius 2 is 1.94 bits per heavy atom. The van der Waals surface area contributed by atoms with Crippen LogP contribution in [0.2, 0.25) is 5.02 Å². The molecule has 2 aliphatic heterocycles. The van der Waals surface area contributed by atoms with Gasteiger partial charge in [-0.3, -0.25) is 14.4 Å². The van der Waals surface area contributed by atoms with Crippen LogP contribution in [0.25, 0.3) is 0 Å². The van der Waals surface area contributed by atoms with Gasteiger partial charge in [-0.25, -0.2) is 0 Å². The van der Waals surface area contributed by atoms with E-state index in [0.29, 0.717) is 49.0 Å². The molecule has 1 spiro atoms. The molecule has 0 aromatic heterocycles.